The molecule has 0 radical (unpaired) electrons. The first-order valence-corrected chi connectivity index (χ1v) is 10.4. The number of oxazole rings is 1. The number of benzene rings is 1. The Hall–Kier alpha value is -3.09. The fraction of sp³-hybridized carbons (Fsp3) is 0.435. The maximum Gasteiger partial charge on any atom is 0.244 e. The molecule has 7 nitrogen and oxygen atoms in total. The van der Waals surface area contributed by atoms with Crippen molar-refractivity contribution < 1.29 is 13.9 Å². The second-order valence-electron chi connectivity index (χ2n) is 7.92. The predicted molar refractivity (Wildman–Crippen MR) is 113 cm³/mol. The Morgan fingerprint density at radius 1 is 1.30 bits per heavy atom. The highest BCUT2D eigenvalue weighted by atomic mass is 16.5. The number of methoxy groups -OCH3 is 1. The number of ether oxygens (including phenoxy) is 1. The van der Waals surface area contributed by atoms with E-state index in [1.165, 1.54) is 0 Å². The van der Waals surface area contributed by atoms with Gasteiger partial charge in [0, 0.05) is 30.8 Å². The Kier molecular flexibility index (Phi) is 5.88. The molecule has 1 aromatic carbocycles. The first kappa shape index (κ1) is 20.2. The molecule has 1 aliphatic heterocycles. The molecule has 3 heterocycles. The monoisotopic (exact) mass is 408 g/mol. The maximum absolute atomic E-state index is 12.8. The molecule has 158 valence electrons. The van der Waals surface area contributed by atoms with Crippen LogP contribution in [0, 0.1) is 13.8 Å². The summed E-state index contributed by atoms with van der Waals surface area (Å²) in [4.78, 5) is 19.3. The molecule has 0 spiro atoms. The number of nitrogens with zero attached hydrogens (tertiary/aromatic N) is 4. The van der Waals surface area contributed by atoms with Crippen LogP contribution in [0.1, 0.15) is 47.4 Å². The lowest BCUT2D eigenvalue weighted by atomic mass is 9.98. The van der Waals surface area contributed by atoms with Crippen molar-refractivity contribution in [3.8, 4) is 5.75 Å². The lowest BCUT2D eigenvalue weighted by Gasteiger charge is -2.31. The van der Waals surface area contributed by atoms with Crippen molar-refractivity contribution in [2.45, 2.75) is 45.6 Å². The van der Waals surface area contributed by atoms with Crippen molar-refractivity contribution in [3.63, 3.8) is 0 Å². The van der Waals surface area contributed by atoms with E-state index in [-0.39, 0.29) is 18.4 Å². The summed E-state index contributed by atoms with van der Waals surface area (Å²) in [6, 6.07) is 9.90. The first-order valence-electron chi connectivity index (χ1n) is 10.4. The molecular formula is C23H28N4O3. The molecule has 1 unspecified atom stereocenters. The summed E-state index contributed by atoms with van der Waals surface area (Å²) in [7, 11) is 1.67. The van der Waals surface area contributed by atoms with Crippen molar-refractivity contribution in [2.75, 3.05) is 20.2 Å². The summed E-state index contributed by atoms with van der Waals surface area (Å²) in [6.45, 7) is 5.59. The van der Waals surface area contributed by atoms with Crippen molar-refractivity contribution >= 4 is 5.91 Å². The second-order valence-corrected chi connectivity index (χ2v) is 7.92. The number of hydrogen-bond donors (Lipinski definition) is 0. The summed E-state index contributed by atoms with van der Waals surface area (Å²) in [5.41, 5.74) is 3.00. The van der Waals surface area contributed by atoms with Gasteiger partial charge in [0.2, 0.25) is 5.91 Å². The van der Waals surface area contributed by atoms with Gasteiger partial charge in [-0.25, -0.2) is 4.98 Å². The Balaban J connectivity index is 1.41. The zero-order chi connectivity index (χ0) is 21.1. The van der Waals surface area contributed by atoms with E-state index in [1.807, 2.05) is 49.1 Å². The van der Waals surface area contributed by atoms with Gasteiger partial charge in [0.05, 0.1) is 24.9 Å². The number of para-hydroxylation sites is 1. The van der Waals surface area contributed by atoms with E-state index in [4.69, 9.17) is 9.15 Å². The van der Waals surface area contributed by atoms with Gasteiger partial charge in [-0.3, -0.25) is 9.48 Å². The second kappa shape index (κ2) is 8.73. The smallest absolute Gasteiger partial charge is 0.244 e. The number of likely N-dealkylation sites (tertiary alicyclic amines) is 1. The van der Waals surface area contributed by atoms with Gasteiger partial charge in [-0.1, -0.05) is 18.2 Å². The van der Waals surface area contributed by atoms with Crippen LogP contribution in [0.2, 0.25) is 0 Å². The van der Waals surface area contributed by atoms with Crippen LogP contribution < -0.4 is 4.74 Å². The van der Waals surface area contributed by atoms with Crippen LogP contribution in [0.15, 0.2) is 40.9 Å². The minimum atomic E-state index is 0.0895. The molecule has 0 aliphatic carbocycles. The third-order valence-corrected chi connectivity index (χ3v) is 5.64. The van der Waals surface area contributed by atoms with Crippen molar-refractivity contribution in [3.05, 3.63) is 65.1 Å². The lowest BCUT2D eigenvalue weighted by Crippen LogP contribution is -2.41. The molecule has 0 N–H and O–H groups in total. The van der Waals surface area contributed by atoms with Gasteiger partial charge >= 0.3 is 0 Å². The van der Waals surface area contributed by atoms with E-state index in [0.717, 1.165) is 47.8 Å². The molecule has 3 aromatic rings. The molecule has 7 heteroatoms. The number of amides is 1. The Bertz CT molecular complexity index is 1020. The zero-order valence-corrected chi connectivity index (χ0v) is 17.8. The van der Waals surface area contributed by atoms with E-state index in [9.17, 15) is 4.79 Å². The summed E-state index contributed by atoms with van der Waals surface area (Å²) in [5.74, 6) is 2.57. The maximum atomic E-state index is 12.8. The molecule has 4 rings (SSSR count). The van der Waals surface area contributed by atoms with Crippen LogP contribution in [-0.4, -0.2) is 45.8 Å². The molecule has 1 amide bonds. The molecular weight excluding hydrogens is 380 g/mol. The normalized spacial score (nSPS) is 16.6. The fourth-order valence-corrected chi connectivity index (χ4v) is 4.10. The van der Waals surface area contributed by atoms with Crippen molar-refractivity contribution in [1.82, 2.24) is 19.7 Å². The van der Waals surface area contributed by atoms with Crippen LogP contribution in [0.25, 0.3) is 0 Å². The highest BCUT2D eigenvalue weighted by Gasteiger charge is 2.28. The highest BCUT2D eigenvalue weighted by Crippen LogP contribution is 2.28. The standard InChI is InChI=1S/C23H28N4O3/c1-16-11-17(2)27(25-16)15-22(28)26-10-6-8-19(14-26)23-24-13-20(30-23)12-18-7-4-5-9-21(18)29-3/h4-5,7,9,11,13,19H,6,8,10,12,14-15H2,1-3H3. The van der Waals surface area contributed by atoms with E-state index < -0.39 is 0 Å². The van der Waals surface area contributed by atoms with Gasteiger partial charge in [0.25, 0.3) is 0 Å². The SMILES string of the molecule is COc1ccccc1Cc1cnc(C2CCCN(C(=O)Cn3nc(C)cc3C)C2)o1. The number of rotatable bonds is 6. The van der Waals surface area contributed by atoms with E-state index in [1.54, 1.807) is 18.0 Å². The number of carbonyl (C=O) groups is 1. The zero-order valence-electron chi connectivity index (χ0n) is 17.8. The van der Waals surface area contributed by atoms with Gasteiger partial charge in [0.1, 0.15) is 18.1 Å². The number of piperidine rings is 1. The molecule has 1 saturated heterocycles. The van der Waals surface area contributed by atoms with Gasteiger partial charge in [-0.2, -0.15) is 5.10 Å². The van der Waals surface area contributed by atoms with Crippen LogP contribution in [0.4, 0.5) is 0 Å². The van der Waals surface area contributed by atoms with Gasteiger partial charge in [-0.05, 0) is 38.8 Å². The van der Waals surface area contributed by atoms with Gasteiger partial charge < -0.3 is 14.1 Å². The van der Waals surface area contributed by atoms with Gasteiger partial charge in [-0.15, -0.1) is 0 Å². The molecule has 0 saturated carbocycles. The molecule has 30 heavy (non-hydrogen) atoms. The largest absolute Gasteiger partial charge is 0.496 e. The molecule has 2 aromatic heterocycles. The Labute approximate surface area is 176 Å². The fourth-order valence-electron chi connectivity index (χ4n) is 4.10. The minimum Gasteiger partial charge on any atom is -0.496 e. The Morgan fingerprint density at radius 3 is 2.90 bits per heavy atom. The van der Waals surface area contributed by atoms with E-state index in [2.05, 4.69) is 10.1 Å². The topological polar surface area (TPSA) is 73.4 Å². The summed E-state index contributed by atoms with van der Waals surface area (Å²) in [6.07, 6.45) is 4.33. The number of aryl methyl sites for hydroxylation is 2. The average Bonchev–Trinajstić information content (AvgIpc) is 3.34. The molecule has 1 aliphatic rings. The van der Waals surface area contributed by atoms with Crippen LogP contribution >= 0.6 is 0 Å². The summed E-state index contributed by atoms with van der Waals surface area (Å²) in [5, 5.41) is 4.41. The van der Waals surface area contributed by atoms with Crippen LogP contribution in [0.5, 0.6) is 5.75 Å². The molecule has 0 bridgehead atoms. The van der Waals surface area contributed by atoms with Crippen LogP contribution in [0.3, 0.4) is 0 Å². The Morgan fingerprint density at radius 2 is 2.13 bits per heavy atom. The van der Waals surface area contributed by atoms with Crippen LogP contribution in [-0.2, 0) is 17.8 Å². The third kappa shape index (κ3) is 4.40. The average molecular weight is 409 g/mol. The lowest BCUT2D eigenvalue weighted by molar-refractivity contribution is -0.133. The van der Waals surface area contributed by atoms with Gasteiger partial charge in [0.15, 0.2) is 5.89 Å². The summed E-state index contributed by atoms with van der Waals surface area (Å²) < 4.78 is 13.3. The predicted octanol–water partition coefficient (Wildman–Crippen LogP) is 3.49. The summed E-state index contributed by atoms with van der Waals surface area (Å²) >= 11 is 0. The van der Waals surface area contributed by atoms with E-state index in [0.29, 0.717) is 18.9 Å². The molecule has 1 fully saturated rings. The molecule has 1 atom stereocenters. The van der Waals surface area contributed by atoms with Crippen molar-refractivity contribution in [2.24, 2.45) is 0 Å². The number of hydrogen-bond acceptors (Lipinski definition) is 5. The first-order chi connectivity index (χ1) is 14.5. The quantitative estimate of drug-likeness (QED) is 0.624. The third-order valence-electron chi connectivity index (χ3n) is 5.64. The number of aromatic nitrogens is 3. The number of carbonyl (C=O) groups excluding carboxylic acids is 1. The van der Waals surface area contributed by atoms with Crippen molar-refractivity contribution in [1.29, 1.82) is 0 Å². The highest BCUT2D eigenvalue weighted by molar-refractivity contribution is 5.76. The van der Waals surface area contributed by atoms with E-state index >= 15 is 0 Å². The minimum absolute atomic E-state index is 0.0895.